The molecule has 0 spiro atoms. The van der Waals surface area contributed by atoms with Crippen molar-refractivity contribution in [2.45, 2.75) is 38.5 Å². The summed E-state index contributed by atoms with van der Waals surface area (Å²) in [6.07, 6.45) is 2.68. The van der Waals surface area contributed by atoms with Gasteiger partial charge in [0.15, 0.2) is 5.78 Å². The summed E-state index contributed by atoms with van der Waals surface area (Å²) in [5.41, 5.74) is 3.75. The Kier molecular flexibility index (Phi) is 5.98. The summed E-state index contributed by atoms with van der Waals surface area (Å²) in [7, 11) is 1.63. The van der Waals surface area contributed by atoms with E-state index in [-0.39, 0.29) is 24.3 Å². The maximum Gasteiger partial charge on any atom is 0.315 e. The van der Waals surface area contributed by atoms with E-state index in [2.05, 4.69) is 4.98 Å². The monoisotopic (exact) mass is 418 g/mol. The van der Waals surface area contributed by atoms with Crippen molar-refractivity contribution < 1.29 is 19.1 Å². The predicted octanol–water partition coefficient (Wildman–Crippen LogP) is 4.23. The molecule has 2 aromatic rings. The number of rotatable bonds is 5. The van der Waals surface area contributed by atoms with Crippen LogP contribution in [0.1, 0.15) is 49.8 Å². The Morgan fingerprint density at radius 3 is 2.71 bits per heavy atom. The standard InChI is InChI=1S/C25H26N2O4/c1-4-31-25(29)22-15(2)27-20-13-17(16-8-7-9-18(12-16)30-3)14-21(28)23(20)24(22)19-10-5-6-11-26-19/h5-12,17,22,24H,4,13-14H2,1-3H3/t17-,22?,24-/m0/s1. The zero-order valence-corrected chi connectivity index (χ0v) is 18.0. The highest BCUT2D eigenvalue weighted by atomic mass is 16.5. The molecular weight excluding hydrogens is 392 g/mol. The van der Waals surface area contributed by atoms with Gasteiger partial charge in [0, 0.05) is 35.3 Å². The predicted molar refractivity (Wildman–Crippen MR) is 117 cm³/mol. The van der Waals surface area contributed by atoms with Gasteiger partial charge in [-0.3, -0.25) is 19.6 Å². The number of aromatic nitrogens is 1. The van der Waals surface area contributed by atoms with Crippen LogP contribution in [-0.4, -0.2) is 36.2 Å². The third-order valence-corrected chi connectivity index (χ3v) is 6.00. The average molecular weight is 418 g/mol. The molecule has 0 amide bonds. The van der Waals surface area contributed by atoms with E-state index in [1.54, 1.807) is 20.2 Å². The second kappa shape index (κ2) is 8.84. The van der Waals surface area contributed by atoms with Crippen molar-refractivity contribution in [3.63, 3.8) is 0 Å². The van der Waals surface area contributed by atoms with Crippen molar-refractivity contribution >= 4 is 17.5 Å². The van der Waals surface area contributed by atoms with E-state index in [4.69, 9.17) is 14.5 Å². The van der Waals surface area contributed by atoms with E-state index in [0.29, 0.717) is 29.8 Å². The first kappa shape index (κ1) is 21.0. The van der Waals surface area contributed by atoms with Gasteiger partial charge in [-0.05, 0) is 56.0 Å². The molecule has 2 heterocycles. The van der Waals surface area contributed by atoms with Gasteiger partial charge in [-0.2, -0.15) is 0 Å². The second-order valence-electron chi connectivity index (χ2n) is 7.88. The molecule has 6 nitrogen and oxygen atoms in total. The number of hydrogen-bond donors (Lipinski definition) is 0. The number of carbonyl (C=O) groups is 2. The first-order chi connectivity index (χ1) is 15.0. The lowest BCUT2D eigenvalue weighted by atomic mass is 9.70. The molecular formula is C25H26N2O4. The minimum absolute atomic E-state index is 0.00951. The van der Waals surface area contributed by atoms with Gasteiger partial charge in [-0.1, -0.05) is 18.2 Å². The smallest absolute Gasteiger partial charge is 0.315 e. The molecule has 0 N–H and O–H groups in total. The number of ketones is 1. The Labute approximate surface area is 182 Å². The number of pyridine rings is 1. The number of ether oxygens (including phenoxy) is 2. The third kappa shape index (κ3) is 4.02. The van der Waals surface area contributed by atoms with Crippen LogP contribution in [-0.2, 0) is 14.3 Å². The zero-order valence-electron chi connectivity index (χ0n) is 18.0. The molecule has 160 valence electrons. The van der Waals surface area contributed by atoms with E-state index in [9.17, 15) is 9.59 Å². The minimum Gasteiger partial charge on any atom is -0.497 e. The molecule has 0 saturated carbocycles. The van der Waals surface area contributed by atoms with Gasteiger partial charge in [0.2, 0.25) is 0 Å². The largest absolute Gasteiger partial charge is 0.497 e. The summed E-state index contributed by atoms with van der Waals surface area (Å²) in [6.45, 7) is 3.88. The van der Waals surface area contributed by atoms with Crippen molar-refractivity contribution in [2.24, 2.45) is 10.9 Å². The molecule has 31 heavy (non-hydrogen) atoms. The lowest BCUT2D eigenvalue weighted by molar-refractivity contribution is -0.146. The van der Waals surface area contributed by atoms with Crippen LogP contribution in [0.3, 0.4) is 0 Å². The SMILES string of the molecule is CCOC(=O)C1C(C)=NC2=C(C(=O)C[C@@H](c3cccc(OC)c3)C2)[C@H]1c1ccccn1. The number of benzene rings is 1. The van der Waals surface area contributed by atoms with Crippen LogP contribution in [0.2, 0.25) is 0 Å². The van der Waals surface area contributed by atoms with Gasteiger partial charge in [-0.25, -0.2) is 0 Å². The summed E-state index contributed by atoms with van der Waals surface area (Å²) >= 11 is 0. The van der Waals surface area contributed by atoms with Gasteiger partial charge >= 0.3 is 5.97 Å². The molecule has 1 unspecified atom stereocenters. The number of carbonyl (C=O) groups excluding carboxylic acids is 2. The molecule has 0 bridgehead atoms. The van der Waals surface area contributed by atoms with Crippen LogP contribution >= 0.6 is 0 Å². The van der Waals surface area contributed by atoms with Crippen molar-refractivity contribution in [2.75, 3.05) is 13.7 Å². The quantitative estimate of drug-likeness (QED) is 0.679. The van der Waals surface area contributed by atoms with E-state index in [1.165, 1.54) is 0 Å². The molecule has 1 aromatic heterocycles. The van der Waals surface area contributed by atoms with Gasteiger partial charge in [0.25, 0.3) is 0 Å². The van der Waals surface area contributed by atoms with Gasteiger partial charge < -0.3 is 9.47 Å². The fraction of sp³-hybridized carbons (Fsp3) is 0.360. The number of aliphatic imine (C=N–C) groups is 1. The number of allylic oxidation sites excluding steroid dienone is 2. The van der Waals surface area contributed by atoms with E-state index >= 15 is 0 Å². The Morgan fingerprint density at radius 2 is 2.00 bits per heavy atom. The fourth-order valence-electron chi connectivity index (χ4n) is 4.61. The van der Waals surface area contributed by atoms with Crippen molar-refractivity contribution in [1.29, 1.82) is 0 Å². The van der Waals surface area contributed by atoms with E-state index < -0.39 is 11.8 Å². The Bertz CT molecular complexity index is 1060. The topological polar surface area (TPSA) is 77.8 Å². The molecule has 0 radical (unpaired) electrons. The van der Waals surface area contributed by atoms with E-state index in [0.717, 1.165) is 17.0 Å². The normalized spacial score (nSPS) is 23.1. The lowest BCUT2D eigenvalue weighted by Gasteiger charge is -2.36. The highest BCUT2D eigenvalue weighted by Gasteiger charge is 2.45. The molecule has 1 aliphatic carbocycles. The van der Waals surface area contributed by atoms with Crippen LogP contribution < -0.4 is 4.74 Å². The van der Waals surface area contributed by atoms with Crippen LogP contribution in [0.4, 0.5) is 0 Å². The van der Waals surface area contributed by atoms with Crippen LogP contribution in [0.25, 0.3) is 0 Å². The van der Waals surface area contributed by atoms with Gasteiger partial charge in [-0.15, -0.1) is 0 Å². The summed E-state index contributed by atoms with van der Waals surface area (Å²) in [5.74, 6) is -0.704. The van der Waals surface area contributed by atoms with Crippen LogP contribution in [0.5, 0.6) is 5.75 Å². The minimum atomic E-state index is -0.647. The summed E-state index contributed by atoms with van der Waals surface area (Å²) in [4.78, 5) is 35.5. The summed E-state index contributed by atoms with van der Waals surface area (Å²) in [5, 5.41) is 0. The number of esters is 1. The number of hydrogen-bond acceptors (Lipinski definition) is 6. The highest BCUT2D eigenvalue weighted by Crippen LogP contribution is 2.46. The number of Topliss-reactive ketones (excluding diaryl/α,β-unsaturated/α-hetero) is 1. The van der Waals surface area contributed by atoms with Crippen LogP contribution in [0.15, 0.2) is 64.9 Å². The number of methoxy groups -OCH3 is 1. The molecule has 2 aliphatic rings. The maximum atomic E-state index is 13.4. The average Bonchev–Trinajstić information content (AvgIpc) is 2.78. The van der Waals surface area contributed by atoms with Crippen molar-refractivity contribution in [1.82, 2.24) is 4.98 Å². The molecule has 4 rings (SSSR count). The Balaban J connectivity index is 1.77. The first-order valence-corrected chi connectivity index (χ1v) is 10.6. The highest BCUT2D eigenvalue weighted by molar-refractivity contribution is 6.09. The zero-order chi connectivity index (χ0) is 22.0. The molecule has 6 heteroatoms. The Morgan fingerprint density at radius 1 is 1.16 bits per heavy atom. The fourth-order valence-corrected chi connectivity index (χ4v) is 4.61. The summed E-state index contributed by atoms with van der Waals surface area (Å²) < 4.78 is 10.7. The Hall–Kier alpha value is -3.28. The maximum absolute atomic E-state index is 13.4. The van der Waals surface area contributed by atoms with E-state index in [1.807, 2.05) is 49.4 Å². The van der Waals surface area contributed by atoms with Crippen LogP contribution in [0, 0.1) is 5.92 Å². The summed E-state index contributed by atoms with van der Waals surface area (Å²) in [6, 6.07) is 13.4. The second-order valence-corrected chi connectivity index (χ2v) is 7.88. The molecule has 1 aromatic carbocycles. The van der Waals surface area contributed by atoms with Gasteiger partial charge in [0.1, 0.15) is 11.7 Å². The molecule has 3 atom stereocenters. The van der Waals surface area contributed by atoms with Gasteiger partial charge in [0.05, 0.1) is 19.6 Å². The number of nitrogens with zero attached hydrogens (tertiary/aromatic N) is 2. The van der Waals surface area contributed by atoms with Crippen molar-refractivity contribution in [3.05, 3.63) is 71.2 Å². The molecule has 0 fully saturated rings. The third-order valence-electron chi connectivity index (χ3n) is 6.00. The lowest BCUT2D eigenvalue weighted by Crippen LogP contribution is -2.38. The molecule has 0 saturated heterocycles. The first-order valence-electron chi connectivity index (χ1n) is 10.6. The molecule has 1 aliphatic heterocycles. The van der Waals surface area contributed by atoms with Crippen molar-refractivity contribution in [3.8, 4) is 5.75 Å².